The summed E-state index contributed by atoms with van der Waals surface area (Å²) in [6, 6.07) is 2.16. The van der Waals surface area contributed by atoms with Gasteiger partial charge in [0.2, 0.25) is 0 Å². The molecule has 1 aromatic rings. The molecule has 3 heteroatoms. The smallest absolute Gasteiger partial charge is 0.0646 e. The van der Waals surface area contributed by atoms with Gasteiger partial charge >= 0.3 is 0 Å². The summed E-state index contributed by atoms with van der Waals surface area (Å²) in [6.45, 7) is 4.93. The maximum Gasteiger partial charge on any atom is 0.0646 e. The van der Waals surface area contributed by atoms with E-state index in [0.29, 0.717) is 0 Å². The lowest BCUT2D eigenvalue weighted by Crippen LogP contribution is -2.42. The molecular formula is C10H15NOS. The number of hydrogen-bond acceptors (Lipinski definition) is 3. The number of hydrogen-bond donors (Lipinski definition) is 1. The van der Waals surface area contributed by atoms with Crippen LogP contribution in [0, 0.1) is 0 Å². The van der Waals surface area contributed by atoms with Gasteiger partial charge in [0.25, 0.3) is 0 Å². The Morgan fingerprint density at radius 2 is 2.62 bits per heavy atom. The first-order valence-electron chi connectivity index (χ1n) is 4.62. The maximum atomic E-state index is 5.37. The summed E-state index contributed by atoms with van der Waals surface area (Å²) in [6.07, 6.45) is 1.12. The van der Waals surface area contributed by atoms with E-state index in [1.54, 1.807) is 11.3 Å². The molecule has 1 saturated heterocycles. The molecule has 1 fully saturated rings. The van der Waals surface area contributed by atoms with Crippen molar-refractivity contribution in [3.63, 3.8) is 0 Å². The van der Waals surface area contributed by atoms with Gasteiger partial charge < -0.3 is 10.1 Å². The highest BCUT2D eigenvalue weighted by Crippen LogP contribution is 2.18. The molecule has 1 aliphatic heterocycles. The number of nitrogens with one attached hydrogen (secondary N) is 1. The molecule has 2 heterocycles. The van der Waals surface area contributed by atoms with Crippen molar-refractivity contribution < 1.29 is 4.74 Å². The van der Waals surface area contributed by atoms with Crippen molar-refractivity contribution in [3.8, 4) is 0 Å². The Morgan fingerprint density at radius 1 is 1.69 bits per heavy atom. The van der Waals surface area contributed by atoms with E-state index in [0.717, 1.165) is 26.2 Å². The fourth-order valence-electron chi connectivity index (χ4n) is 1.52. The standard InChI is InChI=1S/C10H15NOS/c1-10(3-4-12-8-10)11-6-9-2-5-13-7-9/h2,5,7,11H,3-4,6,8H2,1H3. The number of rotatable bonds is 3. The topological polar surface area (TPSA) is 21.3 Å². The Labute approximate surface area is 82.9 Å². The lowest BCUT2D eigenvalue weighted by molar-refractivity contribution is 0.171. The van der Waals surface area contributed by atoms with Gasteiger partial charge in [-0.3, -0.25) is 0 Å². The van der Waals surface area contributed by atoms with Crippen molar-refractivity contribution in [2.24, 2.45) is 0 Å². The van der Waals surface area contributed by atoms with Crippen molar-refractivity contribution in [1.82, 2.24) is 5.32 Å². The Morgan fingerprint density at radius 3 is 3.23 bits per heavy atom. The molecule has 13 heavy (non-hydrogen) atoms. The minimum atomic E-state index is 0.196. The molecule has 72 valence electrons. The molecule has 0 aliphatic carbocycles. The Bertz CT molecular complexity index is 252. The number of ether oxygens (including phenoxy) is 1. The van der Waals surface area contributed by atoms with Crippen LogP contribution in [0.15, 0.2) is 16.8 Å². The Kier molecular flexibility index (Phi) is 2.67. The van der Waals surface area contributed by atoms with E-state index in [2.05, 4.69) is 29.1 Å². The average Bonchev–Trinajstić information content (AvgIpc) is 2.72. The molecule has 0 bridgehead atoms. The van der Waals surface area contributed by atoms with E-state index in [9.17, 15) is 0 Å². The molecular weight excluding hydrogens is 182 g/mol. The molecule has 1 aliphatic rings. The lowest BCUT2D eigenvalue weighted by atomic mass is 10.0. The van der Waals surface area contributed by atoms with Crippen LogP contribution in [0.1, 0.15) is 18.9 Å². The Balaban J connectivity index is 1.85. The van der Waals surface area contributed by atoms with Crippen molar-refractivity contribution in [1.29, 1.82) is 0 Å². The van der Waals surface area contributed by atoms with Crippen LogP contribution in [-0.2, 0) is 11.3 Å². The van der Waals surface area contributed by atoms with Gasteiger partial charge in [-0.15, -0.1) is 0 Å². The van der Waals surface area contributed by atoms with Gasteiger partial charge in [-0.1, -0.05) is 0 Å². The third kappa shape index (κ3) is 2.30. The minimum absolute atomic E-state index is 0.196. The predicted molar refractivity (Wildman–Crippen MR) is 55.0 cm³/mol. The van der Waals surface area contributed by atoms with Crippen LogP contribution >= 0.6 is 11.3 Å². The Hall–Kier alpha value is -0.380. The third-order valence-corrected chi connectivity index (χ3v) is 3.25. The lowest BCUT2D eigenvalue weighted by Gasteiger charge is -2.23. The average molecular weight is 197 g/mol. The quantitative estimate of drug-likeness (QED) is 0.800. The molecule has 0 amide bonds. The highest BCUT2D eigenvalue weighted by Gasteiger charge is 2.28. The zero-order valence-corrected chi connectivity index (χ0v) is 8.69. The maximum absolute atomic E-state index is 5.37. The highest BCUT2D eigenvalue weighted by molar-refractivity contribution is 7.07. The molecule has 1 aromatic heterocycles. The fourth-order valence-corrected chi connectivity index (χ4v) is 2.18. The number of thiophene rings is 1. The summed E-state index contributed by atoms with van der Waals surface area (Å²) >= 11 is 1.75. The van der Waals surface area contributed by atoms with Crippen molar-refractivity contribution in [2.45, 2.75) is 25.4 Å². The van der Waals surface area contributed by atoms with Crippen LogP contribution in [0.4, 0.5) is 0 Å². The van der Waals surface area contributed by atoms with Gasteiger partial charge in [0.15, 0.2) is 0 Å². The van der Waals surface area contributed by atoms with Crippen LogP contribution in [0.5, 0.6) is 0 Å². The molecule has 1 atom stereocenters. The SMILES string of the molecule is CC1(NCc2ccsc2)CCOC1. The van der Waals surface area contributed by atoms with E-state index in [1.165, 1.54) is 5.56 Å². The largest absolute Gasteiger partial charge is 0.379 e. The normalized spacial score (nSPS) is 28.1. The molecule has 0 spiro atoms. The van der Waals surface area contributed by atoms with Crippen molar-refractivity contribution >= 4 is 11.3 Å². The van der Waals surface area contributed by atoms with Crippen molar-refractivity contribution in [2.75, 3.05) is 13.2 Å². The summed E-state index contributed by atoms with van der Waals surface area (Å²) in [5.74, 6) is 0. The summed E-state index contributed by atoms with van der Waals surface area (Å²) in [5.41, 5.74) is 1.57. The van der Waals surface area contributed by atoms with Gasteiger partial charge in [-0.05, 0) is 35.7 Å². The van der Waals surface area contributed by atoms with Gasteiger partial charge in [-0.25, -0.2) is 0 Å². The summed E-state index contributed by atoms with van der Waals surface area (Å²) in [5, 5.41) is 7.84. The second kappa shape index (κ2) is 3.78. The van der Waals surface area contributed by atoms with Crippen LogP contribution in [0.25, 0.3) is 0 Å². The molecule has 0 saturated carbocycles. The molecule has 1 unspecified atom stereocenters. The van der Waals surface area contributed by atoms with Gasteiger partial charge in [-0.2, -0.15) is 11.3 Å². The first-order valence-corrected chi connectivity index (χ1v) is 5.57. The van der Waals surface area contributed by atoms with Crippen molar-refractivity contribution in [3.05, 3.63) is 22.4 Å². The molecule has 0 aromatic carbocycles. The summed E-state index contributed by atoms with van der Waals surface area (Å²) < 4.78 is 5.37. The van der Waals surface area contributed by atoms with Crippen LogP contribution in [-0.4, -0.2) is 18.8 Å². The fraction of sp³-hybridized carbons (Fsp3) is 0.600. The molecule has 2 rings (SSSR count). The summed E-state index contributed by atoms with van der Waals surface area (Å²) in [7, 11) is 0. The third-order valence-electron chi connectivity index (χ3n) is 2.52. The second-order valence-corrected chi connectivity index (χ2v) is 4.63. The van der Waals surface area contributed by atoms with Gasteiger partial charge in [0.05, 0.1) is 6.61 Å². The van der Waals surface area contributed by atoms with Gasteiger partial charge in [0, 0.05) is 18.7 Å². The summed E-state index contributed by atoms with van der Waals surface area (Å²) in [4.78, 5) is 0. The molecule has 0 radical (unpaired) electrons. The van der Waals surface area contributed by atoms with Gasteiger partial charge in [0.1, 0.15) is 0 Å². The zero-order chi connectivity index (χ0) is 9.15. The van der Waals surface area contributed by atoms with E-state index in [-0.39, 0.29) is 5.54 Å². The first kappa shape index (κ1) is 9.19. The minimum Gasteiger partial charge on any atom is -0.379 e. The highest BCUT2D eigenvalue weighted by atomic mass is 32.1. The van der Waals surface area contributed by atoms with E-state index < -0.39 is 0 Å². The second-order valence-electron chi connectivity index (χ2n) is 3.85. The van der Waals surface area contributed by atoms with Crippen LogP contribution in [0.3, 0.4) is 0 Å². The predicted octanol–water partition coefficient (Wildman–Crippen LogP) is 2.02. The van der Waals surface area contributed by atoms with E-state index >= 15 is 0 Å². The van der Waals surface area contributed by atoms with Crippen LogP contribution < -0.4 is 5.32 Å². The van der Waals surface area contributed by atoms with E-state index in [1.807, 2.05) is 0 Å². The monoisotopic (exact) mass is 197 g/mol. The molecule has 1 N–H and O–H groups in total. The molecule has 2 nitrogen and oxygen atoms in total. The zero-order valence-electron chi connectivity index (χ0n) is 7.88. The van der Waals surface area contributed by atoms with Crippen LogP contribution in [0.2, 0.25) is 0 Å². The van der Waals surface area contributed by atoms with E-state index in [4.69, 9.17) is 4.74 Å². The first-order chi connectivity index (χ1) is 6.29.